The number of nitrogens with one attached hydrogen (secondary N) is 1. The second kappa shape index (κ2) is 7.67. The number of esters is 1. The van der Waals surface area contributed by atoms with Crippen LogP contribution < -0.4 is 16.0 Å². The molecule has 7 nitrogen and oxygen atoms in total. The van der Waals surface area contributed by atoms with Gasteiger partial charge in [-0.2, -0.15) is 10.5 Å². The van der Waals surface area contributed by atoms with Crippen LogP contribution in [-0.2, 0) is 0 Å². The van der Waals surface area contributed by atoms with Crippen molar-refractivity contribution >= 4 is 23.4 Å². The van der Waals surface area contributed by atoms with E-state index >= 15 is 0 Å². The predicted octanol–water partition coefficient (Wildman–Crippen LogP) is 3.24. The normalized spacial score (nSPS) is 9.96. The summed E-state index contributed by atoms with van der Waals surface area (Å²) in [4.78, 5) is 26.5. The first kappa shape index (κ1) is 18.7. The van der Waals surface area contributed by atoms with Gasteiger partial charge in [-0.25, -0.2) is 4.79 Å². The molecule has 2 aromatic carbocycles. The number of nitrogen functional groups attached to an aromatic ring is 1. The molecule has 0 fully saturated rings. The molecule has 0 spiro atoms. The van der Waals surface area contributed by atoms with Crippen molar-refractivity contribution in [1.29, 1.82) is 10.5 Å². The van der Waals surface area contributed by atoms with Crippen LogP contribution >= 0.6 is 11.6 Å². The van der Waals surface area contributed by atoms with Gasteiger partial charge in [0.15, 0.2) is 0 Å². The van der Waals surface area contributed by atoms with Gasteiger partial charge < -0.3 is 15.5 Å². The third-order valence-corrected chi connectivity index (χ3v) is 4.25. The smallest absolute Gasteiger partial charge is 0.345 e. The third-order valence-electron chi connectivity index (χ3n) is 3.92. The van der Waals surface area contributed by atoms with Gasteiger partial charge in [-0.05, 0) is 29.8 Å². The molecule has 0 unspecified atom stereocenters. The van der Waals surface area contributed by atoms with Crippen molar-refractivity contribution in [2.24, 2.45) is 0 Å². The minimum absolute atomic E-state index is 0.0167. The Morgan fingerprint density at radius 2 is 1.68 bits per heavy atom. The summed E-state index contributed by atoms with van der Waals surface area (Å²) in [7, 11) is 0. The van der Waals surface area contributed by atoms with Crippen LogP contribution in [0, 0.1) is 22.7 Å². The molecular formula is C20H11ClN4O3. The molecule has 0 radical (unpaired) electrons. The summed E-state index contributed by atoms with van der Waals surface area (Å²) in [6.07, 6.45) is 0. The quantitative estimate of drug-likeness (QED) is 0.521. The molecule has 3 N–H and O–H groups in total. The average molecular weight is 391 g/mol. The number of halogens is 1. The van der Waals surface area contributed by atoms with Crippen LogP contribution in [0.25, 0.3) is 11.1 Å². The molecule has 3 rings (SSSR count). The lowest BCUT2D eigenvalue weighted by Gasteiger charge is -2.10. The highest BCUT2D eigenvalue weighted by atomic mass is 35.5. The number of hydrogen-bond acceptors (Lipinski definition) is 6. The number of hydrogen-bond donors (Lipinski definition) is 2. The Labute approximate surface area is 164 Å². The number of ether oxygens (including phenoxy) is 1. The molecule has 0 atom stereocenters. The number of H-pyrrole nitrogens is 1. The first-order chi connectivity index (χ1) is 13.5. The predicted molar refractivity (Wildman–Crippen MR) is 103 cm³/mol. The van der Waals surface area contributed by atoms with E-state index in [1.165, 1.54) is 30.3 Å². The highest BCUT2D eigenvalue weighted by Crippen LogP contribution is 2.29. The summed E-state index contributed by atoms with van der Waals surface area (Å²) < 4.78 is 5.29. The SMILES string of the molecule is N#Cc1c(N)[nH]c(=O)c(C#N)c1-c1ccc(OC(=O)c2ccccc2Cl)cc1. The van der Waals surface area contributed by atoms with E-state index in [2.05, 4.69) is 4.98 Å². The first-order valence-corrected chi connectivity index (χ1v) is 8.27. The van der Waals surface area contributed by atoms with Crippen molar-refractivity contribution in [3.63, 3.8) is 0 Å². The molecule has 0 saturated heterocycles. The Balaban J connectivity index is 1.98. The summed E-state index contributed by atoms with van der Waals surface area (Å²) in [6.45, 7) is 0. The first-order valence-electron chi connectivity index (χ1n) is 7.89. The van der Waals surface area contributed by atoms with E-state index in [0.29, 0.717) is 5.56 Å². The van der Waals surface area contributed by atoms with E-state index in [9.17, 15) is 20.1 Å². The van der Waals surface area contributed by atoms with Gasteiger partial charge in [0.25, 0.3) is 5.56 Å². The number of benzene rings is 2. The van der Waals surface area contributed by atoms with Crippen LogP contribution in [0.15, 0.2) is 53.3 Å². The second-order valence-corrected chi connectivity index (χ2v) is 6.02. The fraction of sp³-hybridized carbons (Fsp3) is 0. The fourth-order valence-corrected chi connectivity index (χ4v) is 2.82. The summed E-state index contributed by atoms with van der Waals surface area (Å²) in [5, 5.41) is 18.9. The number of nitrogens with zero attached hydrogens (tertiary/aromatic N) is 2. The lowest BCUT2D eigenvalue weighted by Crippen LogP contribution is -2.16. The van der Waals surface area contributed by atoms with Gasteiger partial charge in [0.1, 0.15) is 34.8 Å². The monoisotopic (exact) mass is 390 g/mol. The molecule has 0 aliphatic carbocycles. The van der Waals surface area contributed by atoms with E-state index in [1.54, 1.807) is 24.3 Å². The number of rotatable bonds is 3. The number of carbonyl (C=O) groups is 1. The molecule has 0 bridgehead atoms. The number of nitriles is 2. The number of aromatic amines is 1. The number of carbonyl (C=O) groups excluding carboxylic acids is 1. The molecule has 3 aromatic rings. The van der Waals surface area contributed by atoms with Crippen molar-refractivity contribution in [3.05, 3.63) is 80.6 Å². The minimum Gasteiger partial charge on any atom is -0.423 e. The Kier molecular flexibility index (Phi) is 5.12. The van der Waals surface area contributed by atoms with Gasteiger partial charge in [-0.15, -0.1) is 0 Å². The fourth-order valence-electron chi connectivity index (χ4n) is 2.61. The number of nitrogens with two attached hydrogens (primary N) is 1. The summed E-state index contributed by atoms with van der Waals surface area (Å²) in [6, 6.07) is 16.1. The standard InChI is InChI=1S/C20H11ClN4O3/c21-16-4-2-1-3-13(16)20(27)28-12-7-5-11(6-8-12)17-14(9-22)18(24)25-19(26)15(17)10-23/h1-8H,(H3,24,25,26). The summed E-state index contributed by atoms with van der Waals surface area (Å²) >= 11 is 5.98. The number of anilines is 1. The van der Waals surface area contributed by atoms with E-state index < -0.39 is 11.5 Å². The number of aromatic nitrogens is 1. The van der Waals surface area contributed by atoms with Gasteiger partial charge in [0.05, 0.1) is 10.6 Å². The lowest BCUT2D eigenvalue weighted by atomic mass is 9.96. The highest BCUT2D eigenvalue weighted by molar-refractivity contribution is 6.33. The largest absolute Gasteiger partial charge is 0.423 e. The molecule has 1 heterocycles. The van der Waals surface area contributed by atoms with Crippen molar-refractivity contribution in [2.45, 2.75) is 0 Å². The third kappa shape index (κ3) is 3.43. The van der Waals surface area contributed by atoms with Gasteiger partial charge in [0, 0.05) is 5.56 Å². The van der Waals surface area contributed by atoms with Crippen LogP contribution in [0.1, 0.15) is 21.5 Å². The topological polar surface area (TPSA) is 133 Å². The average Bonchev–Trinajstić information content (AvgIpc) is 2.68. The van der Waals surface area contributed by atoms with E-state index in [1.807, 2.05) is 6.07 Å². The van der Waals surface area contributed by atoms with E-state index in [4.69, 9.17) is 22.1 Å². The molecule has 0 aliphatic heterocycles. The molecule has 8 heteroatoms. The van der Waals surface area contributed by atoms with Gasteiger partial charge in [-0.1, -0.05) is 35.9 Å². The Bertz CT molecular complexity index is 1220. The summed E-state index contributed by atoms with van der Waals surface area (Å²) in [5.41, 5.74) is 5.50. The van der Waals surface area contributed by atoms with Crippen LogP contribution in [0.3, 0.4) is 0 Å². The minimum atomic E-state index is -0.691. The zero-order valence-electron chi connectivity index (χ0n) is 14.2. The Morgan fingerprint density at radius 1 is 1.04 bits per heavy atom. The molecule has 1 aromatic heterocycles. The van der Waals surface area contributed by atoms with Gasteiger partial charge in [0.2, 0.25) is 0 Å². The maximum absolute atomic E-state index is 12.2. The van der Waals surface area contributed by atoms with E-state index in [-0.39, 0.29) is 38.8 Å². The zero-order valence-corrected chi connectivity index (χ0v) is 14.9. The van der Waals surface area contributed by atoms with Crippen LogP contribution in [0.2, 0.25) is 5.02 Å². The molecule has 0 amide bonds. The second-order valence-electron chi connectivity index (χ2n) is 5.61. The van der Waals surface area contributed by atoms with Gasteiger partial charge in [-0.3, -0.25) is 4.79 Å². The Morgan fingerprint density at radius 3 is 2.29 bits per heavy atom. The highest BCUT2D eigenvalue weighted by Gasteiger charge is 2.18. The maximum atomic E-state index is 12.2. The molecule has 136 valence electrons. The summed E-state index contributed by atoms with van der Waals surface area (Å²) in [5.74, 6) is -0.534. The van der Waals surface area contributed by atoms with Crippen molar-refractivity contribution in [1.82, 2.24) is 4.98 Å². The molecular weight excluding hydrogens is 380 g/mol. The maximum Gasteiger partial charge on any atom is 0.345 e. The number of pyridine rings is 1. The molecule has 0 aliphatic rings. The van der Waals surface area contributed by atoms with Gasteiger partial charge >= 0.3 is 5.97 Å². The van der Waals surface area contributed by atoms with Crippen molar-refractivity contribution in [3.8, 4) is 29.0 Å². The van der Waals surface area contributed by atoms with Crippen LogP contribution in [0.4, 0.5) is 5.82 Å². The Hall–Kier alpha value is -4.07. The van der Waals surface area contributed by atoms with Crippen LogP contribution in [-0.4, -0.2) is 11.0 Å². The molecule has 0 saturated carbocycles. The van der Waals surface area contributed by atoms with E-state index in [0.717, 1.165) is 0 Å². The zero-order chi connectivity index (χ0) is 20.3. The van der Waals surface area contributed by atoms with Crippen molar-refractivity contribution in [2.75, 3.05) is 5.73 Å². The van der Waals surface area contributed by atoms with Crippen molar-refractivity contribution < 1.29 is 9.53 Å². The van der Waals surface area contributed by atoms with Crippen LogP contribution in [0.5, 0.6) is 5.75 Å². The lowest BCUT2D eigenvalue weighted by molar-refractivity contribution is 0.0735. The molecule has 28 heavy (non-hydrogen) atoms.